The Bertz CT molecular complexity index is 127. The zero-order valence-corrected chi connectivity index (χ0v) is 7.17. The molecule has 1 heteroatoms. The van der Waals surface area contributed by atoms with Crippen molar-refractivity contribution in [2.45, 2.75) is 39.3 Å². The lowest BCUT2D eigenvalue weighted by Crippen LogP contribution is -2.39. The zero-order chi connectivity index (χ0) is 7.56. The van der Waals surface area contributed by atoms with E-state index in [1.165, 1.54) is 13.0 Å². The van der Waals surface area contributed by atoms with Gasteiger partial charge in [0, 0.05) is 18.6 Å². The van der Waals surface area contributed by atoms with Gasteiger partial charge >= 0.3 is 0 Å². The topological polar surface area (TPSA) is 3.24 Å². The Morgan fingerprint density at radius 1 is 1.50 bits per heavy atom. The first-order valence-corrected chi connectivity index (χ1v) is 4.14. The minimum absolute atomic E-state index is 0.647. The molecule has 0 fully saturated rings. The quantitative estimate of drug-likeness (QED) is 0.502. The molecule has 1 atom stereocenters. The second kappa shape index (κ2) is 3.20. The van der Waals surface area contributed by atoms with Crippen molar-refractivity contribution in [1.82, 2.24) is 4.90 Å². The highest BCUT2D eigenvalue weighted by Gasteiger charge is 2.15. The summed E-state index contributed by atoms with van der Waals surface area (Å²) >= 11 is 0. The summed E-state index contributed by atoms with van der Waals surface area (Å²) in [5.74, 6) is 0. The van der Waals surface area contributed by atoms with Crippen LogP contribution in [0.25, 0.3) is 0 Å². The summed E-state index contributed by atoms with van der Waals surface area (Å²) in [5.41, 5.74) is 0. The molecular weight excluding hydrogens is 122 g/mol. The van der Waals surface area contributed by atoms with Crippen LogP contribution in [0, 0.1) is 0 Å². The molecule has 1 aliphatic rings. The fourth-order valence-electron chi connectivity index (χ4n) is 1.56. The van der Waals surface area contributed by atoms with Crippen molar-refractivity contribution in [2.75, 3.05) is 6.54 Å². The molecule has 0 aromatic heterocycles. The van der Waals surface area contributed by atoms with E-state index in [4.69, 9.17) is 0 Å². The fourth-order valence-corrected chi connectivity index (χ4v) is 1.56. The Hall–Kier alpha value is -0.300. The van der Waals surface area contributed by atoms with Crippen LogP contribution in [0.4, 0.5) is 0 Å². The Morgan fingerprint density at radius 2 is 2.20 bits per heavy atom. The lowest BCUT2D eigenvalue weighted by Gasteiger charge is -2.33. The highest BCUT2D eigenvalue weighted by Crippen LogP contribution is 2.12. The summed E-state index contributed by atoms with van der Waals surface area (Å²) in [6, 6.07) is 1.34. The lowest BCUT2D eigenvalue weighted by atomic mass is 10.1. The first-order chi connectivity index (χ1) is 4.72. The van der Waals surface area contributed by atoms with Gasteiger partial charge in [0.15, 0.2) is 0 Å². The summed E-state index contributed by atoms with van der Waals surface area (Å²) < 4.78 is 0. The van der Waals surface area contributed by atoms with Crippen LogP contribution < -0.4 is 0 Å². The molecule has 10 heavy (non-hydrogen) atoms. The van der Waals surface area contributed by atoms with E-state index in [0.29, 0.717) is 12.1 Å². The second-order valence-corrected chi connectivity index (χ2v) is 3.29. The Labute approximate surface area is 63.7 Å². The third-order valence-corrected chi connectivity index (χ3v) is 2.15. The second-order valence-electron chi connectivity index (χ2n) is 3.29. The van der Waals surface area contributed by atoms with Gasteiger partial charge in [-0.25, -0.2) is 0 Å². The Balaban J connectivity index is 2.52. The van der Waals surface area contributed by atoms with Crippen LogP contribution in [-0.2, 0) is 0 Å². The summed E-state index contributed by atoms with van der Waals surface area (Å²) in [7, 11) is 0. The minimum atomic E-state index is 0.647. The normalized spacial score (nSPS) is 27.8. The molecule has 0 N–H and O–H groups in total. The molecule has 1 unspecified atom stereocenters. The van der Waals surface area contributed by atoms with E-state index in [2.05, 4.69) is 37.8 Å². The van der Waals surface area contributed by atoms with Crippen molar-refractivity contribution in [3.8, 4) is 0 Å². The highest BCUT2D eigenvalue weighted by molar-refractivity contribution is 4.98. The zero-order valence-electron chi connectivity index (χ0n) is 7.17. The molecule has 0 aliphatic carbocycles. The van der Waals surface area contributed by atoms with Crippen molar-refractivity contribution in [3.63, 3.8) is 0 Å². The van der Waals surface area contributed by atoms with Crippen molar-refractivity contribution >= 4 is 0 Å². The van der Waals surface area contributed by atoms with E-state index in [-0.39, 0.29) is 0 Å². The third-order valence-electron chi connectivity index (χ3n) is 2.15. The van der Waals surface area contributed by atoms with Crippen LogP contribution in [0.1, 0.15) is 27.2 Å². The number of rotatable bonds is 1. The molecule has 1 aliphatic heterocycles. The van der Waals surface area contributed by atoms with Crippen molar-refractivity contribution < 1.29 is 0 Å². The largest absolute Gasteiger partial charge is 0.295 e. The molecule has 0 spiro atoms. The van der Waals surface area contributed by atoms with Crippen molar-refractivity contribution in [2.24, 2.45) is 0 Å². The number of hydrogen-bond donors (Lipinski definition) is 0. The smallest absolute Gasteiger partial charge is 0.0252 e. The van der Waals surface area contributed by atoms with E-state index >= 15 is 0 Å². The number of nitrogens with zero attached hydrogens (tertiary/aromatic N) is 1. The lowest BCUT2D eigenvalue weighted by molar-refractivity contribution is 0.187. The van der Waals surface area contributed by atoms with Gasteiger partial charge < -0.3 is 0 Å². The summed E-state index contributed by atoms with van der Waals surface area (Å²) in [4.78, 5) is 2.51. The van der Waals surface area contributed by atoms with Gasteiger partial charge in [-0.1, -0.05) is 12.2 Å². The predicted molar refractivity (Wildman–Crippen MR) is 45.1 cm³/mol. The molecule has 0 aromatic rings. The van der Waals surface area contributed by atoms with Crippen LogP contribution >= 0.6 is 0 Å². The molecule has 0 saturated carbocycles. The molecule has 58 valence electrons. The van der Waals surface area contributed by atoms with Gasteiger partial charge in [-0.15, -0.1) is 0 Å². The Kier molecular flexibility index (Phi) is 2.50. The fraction of sp³-hybridized carbons (Fsp3) is 0.778. The van der Waals surface area contributed by atoms with Gasteiger partial charge in [-0.2, -0.15) is 0 Å². The SMILES string of the molecule is CC(C)N1CCC=CC1C. The van der Waals surface area contributed by atoms with Gasteiger partial charge in [0.25, 0.3) is 0 Å². The molecule has 0 amide bonds. The van der Waals surface area contributed by atoms with Crippen LogP contribution in [-0.4, -0.2) is 23.5 Å². The van der Waals surface area contributed by atoms with Crippen LogP contribution in [0.15, 0.2) is 12.2 Å². The molecule has 0 aromatic carbocycles. The van der Waals surface area contributed by atoms with Gasteiger partial charge in [-0.05, 0) is 27.2 Å². The number of hydrogen-bond acceptors (Lipinski definition) is 1. The van der Waals surface area contributed by atoms with Crippen LogP contribution in [0.3, 0.4) is 0 Å². The highest BCUT2D eigenvalue weighted by atomic mass is 15.2. The average Bonchev–Trinajstić information content (AvgIpc) is 1.88. The first-order valence-electron chi connectivity index (χ1n) is 4.14. The maximum atomic E-state index is 2.51. The van der Waals surface area contributed by atoms with E-state index in [0.717, 1.165) is 0 Å². The molecule has 0 radical (unpaired) electrons. The van der Waals surface area contributed by atoms with Gasteiger partial charge in [0.05, 0.1) is 0 Å². The molecule has 0 bridgehead atoms. The van der Waals surface area contributed by atoms with Gasteiger partial charge in [-0.3, -0.25) is 4.90 Å². The average molecular weight is 139 g/mol. The Morgan fingerprint density at radius 3 is 2.60 bits per heavy atom. The minimum Gasteiger partial charge on any atom is -0.295 e. The van der Waals surface area contributed by atoms with Gasteiger partial charge in [0.2, 0.25) is 0 Å². The third kappa shape index (κ3) is 1.60. The standard InChI is InChI=1S/C9H17N/c1-8(2)10-7-5-4-6-9(10)3/h4,6,8-9H,5,7H2,1-3H3. The van der Waals surface area contributed by atoms with Crippen molar-refractivity contribution in [3.05, 3.63) is 12.2 Å². The summed E-state index contributed by atoms with van der Waals surface area (Å²) in [6.45, 7) is 8.01. The maximum absolute atomic E-state index is 2.51. The van der Waals surface area contributed by atoms with E-state index in [9.17, 15) is 0 Å². The van der Waals surface area contributed by atoms with Crippen molar-refractivity contribution in [1.29, 1.82) is 0 Å². The first kappa shape index (κ1) is 7.80. The molecule has 1 heterocycles. The summed E-state index contributed by atoms with van der Waals surface area (Å²) in [5, 5.41) is 0. The van der Waals surface area contributed by atoms with Crippen LogP contribution in [0.5, 0.6) is 0 Å². The molecule has 0 saturated heterocycles. The summed E-state index contributed by atoms with van der Waals surface area (Å²) in [6.07, 6.45) is 5.80. The van der Waals surface area contributed by atoms with E-state index in [1.54, 1.807) is 0 Å². The maximum Gasteiger partial charge on any atom is 0.0252 e. The molecular formula is C9H17N. The van der Waals surface area contributed by atoms with E-state index in [1.807, 2.05) is 0 Å². The van der Waals surface area contributed by atoms with E-state index < -0.39 is 0 Å². The van der Waals surface area contributed by atoms with Crippen LogP contribution in [0.2, 0.25) is 0 Å². The molecule has 1 rings (SSSR count). The van der Waals surface area contributed by atoms with Gasteiger partial charge in [0.1, 0.15) is 0 Å². The molecule has 1 nitrogen and oxygen atoms in total. The predicted octanol–water partition coefficient (Wildman–Crippen LogP) is 2.05. The monoisotopic (exact) mass is 139 g/mol.